The van der Waals surface area contributed by atoms with Crippen LogP contribution in [-0.2, 0) is 16.0 Å². The number of ketones is 1. The topological polar surface area (TPSA) is 32.8 Å². The zero-order valence-corrected chi connectivity index (χ0v) is 22.0. The second kappa shape index (κ2) is 16.3. The minimum absolute atomic E-state index is 0.289. The van der Waals surface area contributed by atoms with Gasteiger partial charge in [-0.3, -0.25) is 0 Å². The molecule has 0 saturated carbocycles. The van der Waals surface area contributed by atoms with Crippen LogP contribution in [0.4, 0.5) is 11.4 Å². The lowest BCUT2D eigenvalue weighted by atomic mass is 10.1. The third-order valence-electron chi connectivity index (χ3n) is 6.21. The van der Waals surface area contributed by atoms with E-state index in [2.05, 4.69) is 72.2 Å². The first-order chi connectivity index (χ1) is 16.5. The largest absolute Gasteiger partial charge is 0.378 e. The highest BCUT2D eigenvalue weighted by Gasteiger charge is 2.11. The number of hydrogen-bond donors (Lipinski definition) is 0. The van der Waals surface area contributed by atoms with Crippen molar-refractivity contribution in [2.75, 3.05) is 49.2 Å². The van der Waals surface area contributed by atoms with Crippen molar-refractivity contribution in [1.29, 1.82) is 0 Å². The zero-order valence-electron chi connectivity index (χ0n) is 22.0. The third-order valence-corrected chi connectivity index (χ3v) is 6.21. The van der Waals surface area contributed by atoms with Crippen LogP contribution in [-0.4, -0.2) is 45.2 Å². The monoisotopic (exact) mass is 466 g/mol. The van der Waals surface area contributed by atoms with Crippen LogP contribution >= 0.6 is 0 Å². The number of hydrogen-bond acceptors (Lipinski definition) is 4. The molecule has 0 N–H and O–H groups in total. The predicted octanol–water partition coefficient (Wildman–Crippen LogP) is 6.84. The van der Waals surface area contributed by atoms with Crippen LogP contribution in [0.3, 0.4) is 0 Å². The lowest BCUT2D eigenvalue weighted by Crippen LogP contribution is -2.36. The molecule has 2 saturated heterocycles. The maximum atomic E-state index is 10.0. The van der Waals surface area contributed by atoms with Gasteiger partial charge in [0.25, 0.3) is 0 Å². The minimum Gasteiger partial charge on any atom is -0.378 e. The molecule has 0 amide bonds. The smallest absolute Gasteiger partial charge is 0.129 e. The molecule has 2 aliphatic heterocycles. The summed E-state index contributed by atoms with van der Waals surface area (Å²) in [7, 11) is 0. The van der Waals surface area contributed by atoms with E-state index in [4.69, 9.17) is 4.74 Å². The summed E-state index contributed by atoms with van der Waals surface area (Å²) in [5, 5.41) is 0. The highest BCUT2D eigenvalue weighted by Crippen LogP contribution is 2.20. The summed E-state index contributed by atoms with van der Waals surface area (Å²) < 4.78 is 5.34. The van der Waals surface area contributed by atoms with Crippen molar-refractivity contribution in [3.63, 3.8) is 0 Å². The molecule has 2 aliphatic rings. The fraction of sp³-hybridized carbons (Fsp3) is 0.567. The fourth-order valence-electron chi connectivity index (χ4n) is 4.24. The Morgan fingerprint density at radius 1 is 0.765 bits per heavy atom. The first-order valence-corrected chi connectivity index (χ1v) is 13.3. The molecule has 4 rings (SSSR count). The SMILES string of the molecule is CCCC(C)=O.CCCc1ccc(N2CCOCC2)cc1.Cc1ccc(N2CCCCC2)cc1. The number of Topliss-reactive ketones (excluding diaryl/α,β-unsaturated/α-hetero) is 1. The Bertz CT molecular complexity index is 790. The number of benzene rings is 2. The number of rotatable bonds is 6. The van der Waals surface area contributed by atoms with Crippen LogP contribution in [0.1, 0.15) is 70.4 Å². The van der Waals surface area contributed by atoms with Crippen LogP contribution in [0.5, 0.6) is 0 Å². The molecule has 34 heavy (non-hydrogen) atoms. The van der Waals surface area contributed by atoms with E-state index in [1.165, 1.54) is 67.7 Å². The number of ether oxygens (including phenoxy) is 1. The maximum Gasteiger partial charge on any atom is 0.129 e. The summed E-state index contributed by atoms with van der Waals surface area (Å²) in [5.41, 5.74) is 5.51. The molecule has 0 unspecified atom stereocenters. The third kappa shape index (κ3) is 10.7. The number of morpholine rings is 1. The number of nitrogens with zero attached hydrogens (tertiary/aromatic N) is 2. The van der Waals surface area contributed by atoms with Crippen LogP contribution in [0.25, 0.3) is 0 Å². The van der Waals surface area contributed by atoms with Crippen molar-refractivity contribution in [3.8, 4) is 0 Å². The Kier molecular flexibility index (Phi) is 13.4. The highest BCUT2D eigenvalue weighted by molar-refractivity contribution is 5.75. The molecule has 188 valence electrons. The summed E-state index contributed by atoms with van der Waals surface area (Å²) in [6.07, 6.45) is 8.24. The number of anilines is 2. The van der Waals surface area contributed by atoms with Crippen molar-refractivity contribution < 1.29 is 9.53 Å². The average molecular weight is 467 g/mol. The van der Waals surface area contributed by atoms with Gasteiger partial charge in [-0.25, -0.2) is 0 Å². The lowest BCUT2D eigenvalue weighted by Gasteiger charge is -2.28. The molecule has 0 aromatic heterocycles. The molecule has 4 heteroatoms. The Hall–Kier alpha value is -2.33. The second-order valence-corrected chi connectivity index (χ2v) is 9.35. The molecule has 0 radical (unpaired) electrons. The number of carbonyl (C=O) groups is 1. The van der Waals surface area contributed by atoms with E-state index in [0.717, 1.165) is 39.1 Å². The molecule has 2 aromatic rings. The lowest BCUT2D eigenvalue weighted by molar-refractivity contribution is -0.117. The molecule has 0 bridgehead atoms. The van der Waals surface area contributed by atoms with Gasteiger partial charge in [-0.2, -0.15) is 0 Å². The molecule has 2 heterocycles. The molecule has 0 atom stereocenters. The molecule has 4 nitrogen and oxygen atoms in total. The molecule has 2 fully saturated rings. The van der Waals surface area contributed by atoms with Gasteiger partial charge in [0.2, 0.25) is 0 Å². The van der Waals surface area contributed by atoms with Gasteiger partial charge in [-0.15, -0.1) is 0 Å². The summed E-state index contributed by atoms with van der Waals surface area (Å²) in [6.45, 7) is 14.2. The van der Waals surface area contributed by atoms with Gasteiger partial charge in [0.1, 0.15) is 5.78 Å². The number of piperidine rings is 1. The van der Waals surface area contributed by atoms with Gasteiger partial charge < -0.3 is 19.3 Å². The normalized spacial score (nSPS) is 15.5. The minimum atomic E-state index is 0.289. The first-order valence-electron chi connectivity index (χ1n) is 13.3. The Balaban J connectivity index is 0.000000197. The summed E-state index contributed by atoms with van der Waals surface area (Å²) in [4.78, 5) is 14.9. The summed E-state index contributed by atoms with van der Waals surface area (Å²) in [6, 6.07) is 17.8. The van der Waals surface area contributed by atoms with E-state index >= 15 is 0 Å². The van der Waals surface area contributed by atoms with Gasteiger partial charge in [-0.1, -0.05) is 50.1 Å². The Morgan fingerprint density at radius 2 is 1.29 bits per heavy atom. The molecule has 0 aliphatic carbocycles. The van der Waals surface area contributed by atoms with E-state index in [1.807, 2.05) is 6.92 Å². The first kappa shape index (κ1) is 27.9. The van der Waals surface area contributed by atoms with E-state index < -0.39 is 0 Å². The molecular formula is C30H46N2O2. The van der Waals surface area contributed by atoms with E-state index in [9.17, 15) is 4.79 Å². The van der Waals surface area contributed by atoms with Gasteiger partial charge in [0, 0.05) is 44.0 Å². The molecule has 2 aromatic carbocycles. The van der Waals surface area contributed by atoms with Crippen LogP contribution < -0.4 is 9.80 Å². The second-order valence-electron chi connectivity index (χ2n) is 9.35. The van der Waals surface area contributed by atoms with Crippen LogP contribution in [0.2, 0.25) is 0 Å². The van der Waals surface area contributed by atoms with Crippen molar-refractivity contribution in [3.05, 3.63) is 59.7 Å². The zero-order chi connectivity index (χ0) is 24.6. The van der Waals surface area contributed by atoms with Crippen molar-refractivity contribution >= 4 is 17.2 Å². The Labute approximate surface area is 208 Å². The van der Waals surface area contributed by atoms with Crippen LogP contribution in [0, 0.1) is 6.92 Å². The van der Waals surface area contributed by atoms with Gasteiger partial charge in [-0.05, 0) is 75.8 Å². The molecule has 0 spiro atoms. The van der Waals surface area contributed by atoms with Gasteiger partial charge in [0.05, 0.1) is 13.2 Å². The van der Waals surface area contributed by atoms with E-state index in [-0.39, 0.29) is 5.78 Å². The van der Waals surface area contributed by atoms with E-state index in [0.29, 0.717) is 0 Å². The predicted molar refractivity (Wildman–Crippen MR) is 146 cm³/mol. The number of aryl methyl sites for hydroxylation is 2. The summed E-state index contributed by atoms with van der Waals surface area (Å²) >= 11 is 0. The van der Waals surface area contributed by atoms with Gasteiger partial charge in [0.15, 0.2) is 0 Å². The average Bonchev–Trinajstić information content (AvgIpc) is 2.87. The van der Waals surface area contributed by atoms with Crippen LogP contribution in [0.15, 0.2) is 48.5 Å². The van der Waals surface area contributed by atoms with Crippen molar-refractivity contribution in [2.24, 2.45) is 0 Å². The van der Waals surface area contributed by atoms with E-state index in [1.54, 1.807) is 6.92 Å². The number of carbonyl (C=O) groups excluding carboxylic acids is 1. The van der Waals surface area contributed by atoms with Crippen molar-refractivity contribution in [1.82, 2.24) is 0 Å². The standard InChI is InChI=1S/C13H19NO.C12H17N.C5H10O/c1-2-3-12-4-6-13(7-5-12)14-8-10-15-11-9-14;1-11-5-7-12(8-6-11)13-9-3-2-4-10-13;1-3-4-5(2)6/h4-7H,2-3,8-11H2,1H3;5-8H,2-4,9-10H2,1H3;3-4H2,1-2H3. The highest BCUT2D eigenvalue weighted by atomic mass is 16.5. The molecular weight excluding hydrogens is 420 g/mol. The van der Waals surface area contributed by atoms with Gasteiger partial charge >= 0.3 is 0 Å². The fourth-order valence-corrected chi connectivity index (χ4v) is 4.24. The van der Waals surface area contributed by atoms with Crippen molar-refractivity contribution in [2.45, 2.75) is 72.6 Å². The maximum absolute atomic E-state index is 10.0. The summed E-state index contributed by atoms with van der Waals surface area (Å²) in [5.74, 6) is 0.289. The Morgan fingerprint density at radius 3 is 1.76 bits per heavy atom. The quantitative estimate of drug-likeness (QED) is 0.467.